The molecular formula is C18H28N2O2. The van der Waals surface area contributed by atoms with Crippen molar-refractivity contribution >= 4 is 5.91 Å². The molecule has 22 heavy (non-hydrogen) atoms. The van der Waals surface area contributed by atoms with Crippen LogP contribution in [0.5, 0.6) is 5.75 Å². The van der Waals surface area contributed by atoms with E-state index in [0.717, 1.165) is 44.7 Å². The van der Waals surface area contributed by atoms with Crippen molar-refractivity contribution in [3.63, 3.8) is 0 Å². The molecule has 1 aromatic carbocycles. The number of nitrogens with two attached hydrogens (primary N) is 1. The summed E-state index contributed by atoms with van der Waals surface area (Å²) < 4.78 is 5.82. The predicted molar refractivity (Wildman–Crippen MR) is 88.7 cm³/mol. The number of nitrogens with zero attached hydrogens (tertiary/aromatic N) is 1. The van der Waals surface area contributed by atoms with Crippen LogP contribution in [-0.4, -0.2) is 36.5 Å². The number of hydrogen-bond donors (Lipinski definition) is 1. The van der Waals surface area contributed by atoms with Gasteiger partial charge in [-0.3, -0.25) is 4.79 Å². The van der Waals surface area contributed by atoms with Gasteiger partial charge in [0.05, 0.1) is 12.6 Å². The second-order valence-electron chi connectivity index (χ2n) is 6.30. The number of amides is 1. The van der Waals surface area contributed by atoms with Crippen LogP contribution in [0.15, 0.2) is 30.3 Å². The van der Waals surface area contributed by atoms with Gasteiger partial charge in [0, 0.05) is 13.1 Å². The molecule has 1 aliphatic heterocycles. The van der Waals surface area contributed by atoms with Gasteiger partial charge >= 0.3 is 0 Å². The second kappa shape index (κ2) is 8.18. The molecule has 122 valence electrons. The zero-order valence-electron chi connectivity index (χ0n) is 13.7. The third-order valence-electron chi connectivity index (χ3n) is 4.70. The Morgan fingerprint density at radius 1 is 1.32 bits per heavy atom. The van der Waals surface area contributed by atoms with Crippen LogP contribution < -0.4 is 10.5 Å². The van der Waals surface area contributed by atoms with Gasteiger partial charge in [-0.1, -0.05) is 38.5 Å². The Morgan fingerprint density at radius 3 is 2.55 bits per heavy atom. The highest BCUT2D eigenvalue weighted by molar-refractivity contribution is 5.82. The van der Waals surface area contributed by atoms with Crippen molar-refractivity contribution in [1.29, 1.82) is 0 Å². The first-order chi connectivity index (χ1) is 10.6. The average Bonchev–Trinajstić information content (AvgIpc) is 2.59. The Hall–Kier alpha value is -1.55. The topological polar surface area (TPSA) is 55.6 Å². The van der Waals surface area contributed by atoms with Crippen LogP contribution in [0.25, 0.3) is 0 Å². The summed E-state index contributed by atoms with van der Waals surface area (Å²) in [7, 11) is 0. The van der Waals surface area contributed by atoms with E-state index >= 15 is 0 Å². The maximum atomic E-state index is 12.4. The van der Waals surface area contributed by atoms with Crippen molar-refractivity contribution in [3.05, 3.63) is 30.3 Å². The molecule has 4 nitrogen and oxygen atoms in total. The lowest BCUT2D eigenvalue weighted by Gasteiger charge is -2.34. The van der Waals surface area contributed by atoms with Gasteiger partial charge in [-0.2, -0.15) is 0 Å². The van der Waals surface area contributed by atoms with E-state index < -0.39 is 0 Å². The molecule has 2 unspecified atom stereocenters. The molecule has 2 rings (SSSR count). The normalized spacial score (nSPS) is 18.8. The van der Waals surface area contributed by atoms with E-state index in [1.54, 1.807) is 0 Å². The Morgan fingerprint density at radius 2 is 1.95 bits per heavy atom. The minimum Gasteiger partial charge on any atom is -0.493 e. The molecule has 2 atom stereocenters. The number of ether oxygens (including phenoxy) is 1. The van der Waals surface area contributed by atoms with Gasteiger partial charge in [-0.25, -0.2) is 0 Å². The first-order valence-electron chi connectivity index (χ1n) is 8.34. The molecule has 1 heterocycles. The molecule has 0 aliphatic carbocycles. The largest absolute Gasteiger partial charge is 0.493 e. The fraction of sp³-hybridized carbons (Fsp3) is 0.611. The molecule has 0 aromatic heterocycles. The smallest absolute Gasteiger partial charge is 0.239 e. The van der Waals surface area contributed by atoms with E-state index in [9.17, 15) is 4.79 Å². The molecular weight excluding hydrogens is 276 g/mol. The van der Waals surface area contributed by atoms with Crippen LogP contribution >= 0.6 is 0 Å². The highest BCUT2D eigenvalue weighted by Gasteiger charge is 2.28. The van der Waals surface area contributed by atoms with Crippen molar-refractivity contribution < 1.29 is 9.53 Å². The molecule has 0 saturated carbocycles. The molecule has 4 heteroatoms. The van der Waals surface area contributed by atoms with Gasteiger partial charge in [-0.15, -0.1) is 0 Å². The number of likely N-dealkylation sites (tertiary alicyclic amines) is 1. The summed E-state index contributed by atoms with van der Waals surface area (Å²) in [5.41, 5.74) is 6.06. The van der Waals surface area contributed by atoms with Crippen LogP contribution in [0.4, 0.5) is 0 Å². The molecule has 1 aliphatic rings. The molecule has 0 radical (unpaired) electrons. The van der Waals surface area contributed by atoms with Gasteiger partial charge in [-0.05, 0) is 36.8 Å². The fourth-order valence-corrected chi connectivity index (χ4v) is 2.76. The molecule has 1 aromatic rings. The summed E-state index contributed by atoms with van der Waals surface area (Å²) in [6.45, 7) is 6.44. The average molecular weight is 304 g/mol. The summed E-state index contributed by atoms with van der Waals surface area (Å²) in [4.78, 5) is 14.3. The first kappa shape index (κ1) is 16.8. The third kappa shape index (κ3) is 4.47. The summed E-state index contributed by atoms with van der Waals surface area (Å²) in [5.74, 6) is 1.78. The van der Waals surface area contributed by atoms with E-state index in [1.165, 1.54) is 0 Å². The van der Waals surface area contributed by atoms with Crippen molar-refractivity contribution in [3.8, 4) is 5.75 Å². The van der Waals surface area contributed by atoms with Crippen molar-refractivity contribution in [2.24, 2.45) is 17.6 Å². The van der Waals surface area contributed by atoms with Crippen LogP contribution in [0.3, 0.4) is 0 Å². The predicted octanol–water partition coefficient (Wildman–Crippen LogP) is 2.68. The lowest BCUT2D eigenvalue weighted by Crippen LogP contribution is -2.50. The van der Waals surface area contributed by atoms with Gasteiger partial charge in [0.2, 0.25) is 5.91 Å². The number of para-hydroxylation sites is 1. The van der Waals surface area contributed by atoms with Crippen molar-refractivity contribution in [2.45, 2.75) is 39.2 Å². The van der Waals surface area contributed by atoms with Gasteiger partial charge < -0.3 is 15.4 Å². The van der Waals surface area contributed by atoms with E-state index in [2.05, 4.69) is 6.92 Å². The first-order valence-corrected chi connectivity index (χ1v) is 8.34. The van der Waals surface area contributed by atoms with Crippen LogP contribution in [0.1, 0.15) is 33.1 Å². The molecule has 1 amide bonds. The highest BCUT2D eigenvalue weighted by atomic mass is 16.5. The van der Waals surface area contributed by atoms with Crippen LogP contribution in [0, 0.1) is 11.8 Å². The lowest BCUT2D eigenvalue weighted by molar-refractivity contribution is -0.135. The number of carbonyl (C=O) groups is 1. The lowest BCUT2D eigenvalue weighted by atomic mass is 9.94. The summed E-state index contributed by atoms with van der Waals surface area (Å²) in [6.07, 6.45) is 2.92. The quantitative estimate of drug-likeness (QED) is 0.879. The number of benzene rings is 1. The minimum absolute atomic E-state index is 0.108. The van der Waals surface area contributed by atoms with Gasteiger partial charge in [0.25, 0.3) is 0 Å². The molecule has 1 saturated heterocycles. The Balaban J connectivity index is 1.74. The Bertz CT molecular complexity index is 455. The molecule has 0 spiro atoms. The number of piperidine rings is 1. The zero-order valence-corrected chi connectivity index (χ0v) is 13.7. The Labute approximate surface area is 133 Å². The van der Waals surface area contributed by atoms with E-state index in [1.807, 2.05) is 42.2 Å². The summed E-state index contributed by atoms with van der Waals surface area (Å²) in [6, 6.07) is 9.53. The van der Waals surface area contributed by atoms with Gasteiger partial charge in [0.1, 0.15) is 5.75 Å². The monoisotopic (exact) mass is 304 g/mol. The maximum Gasteiger partial charge on any atom is 0.239 e. The SMILES string of the molecule is CCC(C)C(N)C(=O)N1CCC(COc2ccccc2)CC1. The summed E-state index contributed by atoms with van der Waals surface area (Å²) >= 11 is 0. The number of rotatable bonds is 6. The van der Waals surface area contributed by atoms with E-state index in [-0.39, 0.29) is 17.9 Å². The highest BCUT2D eigenvalue weighted by Crippen LogP contribution is 2.20. The summed E-state index contributed by atoms with van der Waals surface area (Å²) in [5, 5.41) is 0. The molecule has 2 N–H and O–H groups in total. The third-order valence-corrected chi connectivity index (χ3v) is 4.70. The minimum atomic E-state index is -0.359. The van der Waals surface area contributed by atoms with E-state index in [0.29, 0.717) is 5.92 Å². The van der Waals surface area contributed by atoms with Crippen molar-refractivity contribution in [2.75, 3.05) is 19.7 Å². The Kier molecular flexibility index (Phi) is 6.25. The fourth-order valence-electron chi connectivity index (χ4n) is 2.76. The van der Waals surface area contributed by atoms with Crippen LogP contribution in [-0.2, 0) is 4.79 Å². The number of carbonyl (C=O) groups excluding carboxylic acids is 1. The zero-order chi connectivity index (χ0) is 15.9. The maximum absolute atomic E-state index is 12.4. The van der Waals surface area contributed by atoms with Crippen LogP contribution in [0.2, 0.25) is 0 Å². The molecule has 1 fully saturated rings. The van der Waals surface area contributed by atoms with E-state index in [4.69, 9.17) is 10.5 Å². The molecule has 0 bridgehead atoms. The second-order valence-corrected chi connectivity index (χ2v) is 6.30. The standard InChI is InChI=1S/C18H28N2O2/c1-3-14(2)17(19)18(21)20-11-9-15(10-12-20)13-22-16-7-5-4-6-8-16/h4-8,14-15,17H,3,9-13,19H2,1-2H3. The van der Waals surface area contributed by atoms with Crippen molar-refractivity contribution in [1.82, 2.24) is 4.90 Å². The van der Waals surface area contributed by atoms with Gasteiger partial charge in [0.15, 0.2) is 0 Å². The number of hydrogen-bond acceptors (Lipinski definition) is 3.